The fourth-order valence-corrected chi connectivity index (χ4v) is 1.58. The summed E-state index contributed by atoms with van der Waals surface area (Å²) in [5.41, 5.74) is 4.86. The predicted molar refractivity (Wildman–Crippen MR) is 65.8 cm³/mol. The fraction of sp³-hybridized carbons (Fsp3) is 0.200. The number of rotatable bonds is 2. The van der Waals surface area contributed by atoms with E-state index < -0.39 is 0 Å². The lowest BCUT2D eigenvalue weighted by Crippen LogP contribution is -2.30. The van der Waals surface area contributed by atoms with Gasteiger partial charge < -0.3 is 0 Å². The highest BCUT2D eigenvalue weighted by molar-refractivity contribution is 6.41. The molecule has 0 radical (unpaired) electrons. The van der Waals surface area contributed by atoms with Gasteiger partial charge in [0.25, 0.3) is 5.91 Å². The molecule has 0 atom stereocenters. The highest BCUT2D eigenvalue weighted by Gasteiger charge is 2.12. The third-order valence-corrected chi connectivity index (χ3v) is 2.92. The molecule has 0 aliphatic rings. The van der Waals surface area contributed by atoms with Crippen LogP contribution in [0.15, 0.2) is 6.07 Å². The summed E-state index contributed by atoms with van der Waals surface area (Å²) >= 11 is 0. The van der Waals surface area contributed by atoms with Gasteiger partial charge in [0.15, 0.2) is 0 Å². The Labute approximate surface area is 91.1 Å². The fourth-order valence-electron chi connectivity index (χ4n) is 1.58. The molecule has 0 spiro atoms. The zero-order chi connectivity index (χ0) is 11.6. The monoisotopic (exact) mass is 201 g/mol. The van der Waals surface area contributed by atoms with Crippen LogP contribution in [0.2, 0.25) is 0 Å². The first-order valence-corrected chi connectivity index (χ1v) is 4.81. The maximum atomic E-state index is 11.5. The molecule has 1 aromatic rings. The van der Waals surface area contributed by atoms with Gasteiger partial charge in [0.2, 0.25) is 6.41 Å². The van der Waals surface area contributed by atoms with Crippen molar-refractivity contribution in [1.82, 2.24) is 5.32 Å². The predicted octanol–water partition coefficient (Wildman–Crippen LogP) is -2.29. The first kappa shape index (κ1) is 11.6. The van der Waals surface area contributed by atoms with Crippen LogP contribution in [0, 0.1) is 13.8 Å². The van der Waals surface area contributed by atoms with Crippen molar-refractivity contribution in [2.75, 3.05) is 0 Å². The van der Waals surface area contributed by atoms with Crippen LogP contribution in [0.25, 0.3) is 0 Å². The van der Waals surface area contributed by atoms with Crippen molar-refractivity contribution in [2.45, 2.75) is 13.8 Å². The zero-order valence-corrected chi connectivity index (χ0v) is 9.47. The molecule has 1 aromatic carbocycles. The Morgan fingerprint density at radius 2 is 1.93 bits per heavy atom. The van der Waals surface area contributed by atoms with Crippen molar-refractivity contribution in [1.29, 1.82) is 0 Å². The Kier molecular flexibility index (Phi) is 3.35. The van der Waals surface area contributed by atoms with E-state index in [0.717, 1.165) is 16.5 Å². The summed E-state index contributed by atoms with van der Waals surface area (Å²) < 4.78 is 0. The summed E-state index contributed by atoms with van der Waals surface area (Å²) in [4.78, 5) is 21.7. The van der Waals surface area contributed by atoms with Crippen molar-refractivity contribution in [3.05, 3.63) is 22.8 Å². The van der Waals surface area contributed by atoms with E-state index in [2.05, 4.69) is 5.32 Å². The molecule has 2 amide bonds. The molecule has 76 valence electrons. The van der Waals surface area contributed by atoms with Gasteiger partial charge in [-0.3, -0.25) is 14.9 Å². The van der Waals surface area contributed by atoms with Crippen LogP contribution >= 0.6 is 0 Å². The molecule has 0 aromatic heterocycles. The van der Waals surface area contributed by atoms with Crippen LogP contribution in [-0.4, -0.2) is 28.0 Å². The van der Waals surface area contributed by atoms with E-state index in [4.69, 9.17) is 0 Å². The van der Waals surface area contributed by atoms with E-state index in [1.807, 2.05) is 35.6 Å². The maximum Gasteiger partial charge on any atom is 0.257 e. The second-order valence-electron chi connectivity index (χ2n) is 3.71. The summed E-state index contributed by atoms with van der Waals surface area (Å²) in [7, 11) is 3.94. The third-order valence-electron chi connectivity index (χ3n) is 2.92. The average molecular weight is 201 g/mol. The third kappa shape index (κ3) is 2.12. The highest BCUT2D eigenvalue weighted by Crippen LogP contribution is 2.05. The summed E-state index contributed by atoms with van der Waals surface area (Å²) in [5, 5.41) is 2.16. The Hall–Kier alpha value is -1.51. The van der Waals surface area contributed by atoms with Crippen LogP contribution in [-0.2, 0) is 4.79 Å². The molecular formula is C10H13B2NO2. The number of carbonyl (C=O) groups excluding carboxylic acids is 2. The molecule has 0 fully saturated rings. The molecule has 0 heterocycles. The normalized spacial score (nSPS) is 9.73. The van der Waals surface area contributed by atoms with E-state index in [-0.39, 0.29) is 5.91 Å². The molecule has 1 rings (SSSR count). The molecule has 5 heteroatoms. The molecule has 1 N–H and O–H groups in total. The van der Waals surface area contributed by atoms with Gasteiger partial charge in [-0.1, -0.05) is 22.6 Å². The van der Waals surface area contributed by atoms with Gasteiger partial charge in [0.05, 0.1) is 0 Å². The molecule has 0 saturated heterocycles. The Morgan fingerprint density at radius 1 is 1.33 bits per heavy atom. The quantitative estimate of drug-likeness (QED) is 0.432. The van der Waals surface area contributed by atoms with Crippen molar-refractivity contribution in [2.24, 2.45) is 0 Å². The number of benzene rings is 1. The molecule has 3 nitrogen and oxygen atoms in total. The van der Waals surface area contributed by atoms with E-state index in [1.165, 1.54) is 5.56 Å². The molecule has 0 aliphatic heterocycles. The lowest BCUT2D eigenvalue weighted by atomic mass is 9.77. The minimum atomic E-state index is -0.339. The van der Waals surface area contributed by atoms with Crippen molar-refractivity contribution >= 4 is 38.9 Å². The van der Waals surface area contributed by atoms with Crippen LogP contribution < -0.4 is 16.2 Å². The molecule has 15 heavy (non-hydrogen) atoms. The smallest absolute Gasteiger partial charge is 0.257 e. The van der Waals surface area contributed by atoms with Gasteiger partial charge in [0, 0.05) is 5.56 Å². The van der Waals surface area contributed by atoms with Crippen LogP contribution in [0.4, 0.5) is 0 Å². The maximum absolute atomic E-state index is 11.5. The molecule has 0 aliphatic carbocycles. The van der Waals surface area contributed by atoms with Gasteiger partial charge in [-0.25, -0.2) is 0 Å². The first-order chi connectivity index (χ1) is 6.99. The van der Waals surface area contributed by atoms with E-state index in [9.17, 15) is 9.59 Å². The molecule has 0 saturated carbocycles. The molecule has 0 unspecified atom stereocenters. The number of hydrogen-bond acceptors (Lipinski definition) is 2. The number of carbonyl (C=O) groups is 2. The topological polar surface area (TPSA) is 46.2 Å². The zero-order valence-electron chi connectivity index (χ0n) is 9.47. The summed E-state index contributed by atoms with van der Waals surface area (Å²) in [6.45, 7) is 3.92. The van der Waals surface area contributed by atoms with Crippen molar-refractivity contribution in [3.63, 3.8) is 0 Å². The number of nitrogens with one attached hydrogen (secondary N) is 1. The lowest BCUT2D eigenvalue weighted by Gasteiger charge is -2.13. The molecule has 0 bridgehead atoms. The Balaban J connectivity index is 3.31. The van der Waals surface area contributed by atoms with E-state index in [1.54, 1.807) is 0 Å². The van der Waals surface area contributed by atoms with Gasteiger partial charge in [-0.2, -0.15) is 0 Å². The van der Waals surface area contributed by atoms with Crippen molar-refractivity contribution < 1.29 is 9.59 Å². The first-order valence-electron chi connectivity index (χ1n) is 4.81. The van der Waals surface area contributed by atoms with Crippen molar-refractivity contribution in [3.8, 4) is 0 Å². The standard InChI is InChI=1S/C10H13B2NO2/c1-5-7(10(15)13-4-14)3-8(11)6(2)9(5)12/h3-4H,11-12H2,1-2H3,(H,13,14,15). The largest absolute Gasteiger partial charge is 0.295 e. The second kappa shape index (κ2) is 4.34. The Bertz CT molecular complexity index is 430. The summed E-state index contributed by atoms with van der Waals surface area (Å²) in [5.74, 6) is -0.339. The number of imide groups is 1. The van der Waals surface area contributed by atoms with Gasteiger partial charge in [-0.15, -0.1) is 0 Å². The summed E-state index contributed by atoms with van der Waals surface area (Å²) in [6, 6.07) is 1.82. The number of hydrogen-bond donors (Lipinski definition) is 1. The SMILES string of the molecule is Bc1cc(C(=O)NC=O)c(C)c(B)c1C. The lowest BCUT2D eigenvalue weighted by molar-refractivity contribution is -0.108. The van der Waals surface area contributed by atoms with Crippen LogP contribution in [0.5, 0.6) is 0 Å². The van der Waals surface area contributed by atoms with E-state index in [0.29, 0.717) is 12.0 Å². The van der Waals surface area contributed by atoms with Crippen LogP contribution in [0.3, 0.4) is 0 Å². The average Bonchev–Trinajstić information content (AvgIpc) is 2.20. The van der Waals surface area contributed by atoms with E-state index >= 15 is 0 Å². The Morgan fingerprint density at radius 3 is 2.47 bits per heavy atom. The van der Waals surface area contributed by atoms with Gasteiger partial charge in [0.1, 0.15) is 15.7 Å². The van der Waals surface area contributed by atoms with Crippen LogP contribution in [0.1, 0.15) is 21.5 Å². The van der Waals surface area contributed by atoms with Gasteiger partial charge >= 0.3 is 0 Å². The second-order valence-corrected chi connectivity index (χ2v) is 3.71. The highest BCUT2D eigenvalue weighted by atomic mass is 16.2. The molecular weight excluding hydrogens is 188 g/mol. The minimum Gasteiger partial charge on any atom is -0.295 e. The number of amides is 2. The minimum absolute atomic E-state index is 0.339. The summed E-state index contributed by atoms with van der Waals surface area (Å²) in [6.07, 6.45) is 0.409. The van der Waals surface area contributed by atoms with Gasteiger partial charge in [-0.05, 0) is 19.4 Å².